The second-order valence-corrected chi connectivity index (χ2v) is 1.95. The van der Waals surface area contributed by atoms with E-state index in [1.165, 1.54) is 6.08 Å². The Morgan fingerprint density at radius 2 is 1.92 bits per heavy atom. The molecule has 0 amide bonds. The number of oxazole rings is 1. The number of rotatable bonds is 2. The fourth-order valence-electron chi connectivity index (χ4n) is 0.608. The zero-order valence-corrected chi connectivity index (χ0v) is 8.06. The van der Waals surface area contributed by atoms with Crippen molar-refractivity contribution < 1.29 is 4.42 Å². The van der Waals surface area contributed by atoms with Crippen LogP contribution in [0, 0.1) is 0 Å². The van der Waals surface area contributed by atoms with Gasteiger partial charge >= 0.3 is 0 Å². The van der Waals surface area contributed by atoms with Crippen molar-refractivity contribution in [3.8, 4) is 0 Å². The lowest BCUT2D eigenvalue weighted by atomic mass is 10.3. The Labute approximate surface area is 77.6 Å². The van der Waals surface area contributed by atoms with Gasteiger partial charge in [-0.15, -0.1) is 0 Å². The number of halogens is 1. The van der Waals surface area contributed by atoms with Gasteiger partial charge in [0.25, 0.3) is 5.35 Å². The molecule has 0 atom stereocenters. The van der Waals surface area contributed by atoms with Gasteiger partial charge < -0.3 is 4.42 Å². The summed E-state index contributed by atoms with van der Waals surface area (Å²) in [4.78, 5) is 3.81. The topological polar surface area (TPSA) is 26.0 Å². The molecule has 0 aliphatic carbocycles. The molecule has 0 spiro atoms. The van der Waals surface area contributed by atoms with Gasteiger partial charge in [0.15, 0.2) is 5.76 Å². The molecule has 66 valence electrons. The largest absolute Gasteiger partial charge is 0.428 e. The Balaban J connectivity index is 0.000000561. The molecular formula is C9H12ClNO. The Hall–Kier alpha value is -1.02. The van der Waals surface area contributed by atoms with Gasteiger partial charge in [0, 0.05) is 0 Å². The molecule has 12 heavy (non-hydrogen) atoms. The van der Waals surface area contributed by atoms with Crippen molar-refractivity contribution in [1.29, 1.82) is 0 Å². The van der Waals surface area contributed by atoms with E-state index < -0.39 is 0 Å². The van der Waals surface area contributed by atoms with E-state index in [2.05, 4.69) is 18.1 Å². The molecule has 1 rings (SSSR count). The Morgan fingerprint density at radius 1 is 1.33 bits per heavy atom. The first-order chi connectivity index (χ1) is 5.77. The fraction of sp³-hybridized carbons (Fsp3) is 0.222. The van der Waals surface area contributed by atoms with E-state index in [1.54, 1.807) is 6.08 Å². The Kier molecular flexibility index (Phi) is 5.13. The zero-order chi connectivity index (χ0) is 9.56. The molecule has 1 aromatic rings. The van der Waals surface area contributed by atoms with Gasteiger partial charge in [-0.3, -0.25) is 0 Å². The summed E-state index contributed by atoms with van der Waals surface area (Å²) in [6, 6.07) is 0. The van der Waals surface area contributed by atoms with Crippen molar-refractivity contribution in [2.24, 2.45) is 0 Å². The smallest absolute Gasteiger partial charge is 0.293 e. The van der Waals surface area contributed by atoms with Crippen LogP contribution in [0.2, 0.25) is 5.35 Å². The molecule has 0 radical (unpaired) electrons. The lowest BCUT2D eigenvalue weighted by Gasteiger charge is -1.81. The molecule has 1 aromatic heterocycles. The third kappa shape index (κ3) is 2.55. The summed E-state index contributed by atoms with van der Waals surface area (Å²) >= 11 is 5.45. The van der Waals surface area contributed by atoms with Gasteiger partial charge in [-0.05, 0) is 23.8 Å². The Morgan fingerprint density at radius 3 is 2.25 bits per heavy atom. The summed E-state index contributed by atoms with van der Waals surface area (Å²) < 4.78 is 4.92. The lowest BCUT2D eigenvalue weighted by molar-refractivity contribution is 0.550. The molecule has 0 bridgehead atoms. The highest BCUT2D eigenvalue weighted by atomic mass is 35.5. The number of hydrogen-bond acceptors (Lipinski definition) is 2. The van der Waals surface area contributed by atoms with Crippen LogP contribution in [0.15, 0.2) is 17.6 Å². The van der Waals surface area contributed by atoms with Crippen LogP contribution in [0.1, 0.15) is 25.3 Å². The maximum absolute atomic E-state index is 5.45. The summed E-state index contributed by atoms with van der Waals surface area (Å²) in [5.74, 6) is 0.556. The van der Waals surface area contributed by atoms with Crippen LogP contribution in [-0.2, 0) is 0 Å². The molecule has 0 N–H and O–H groups in total. The van der Waals surface area contributed by atoms with Crippen LogP contribution in [0.5, 0.6) is 0 Å². The summed E-state index contributed by atoms with van der Waals surface area (Å²) in [5, 5.41) is 0.116. The minimum Gasteiger partial charge on any atom is -0.428 e. The normalized spacial score (nSPS) is 8.25. The average Bonchev–Trinajstić information content (AvgIpc) is 2.49. The molecule has 2 nitrogen and oxygen atoms in total. The van der Waals surface area contributed by atoms with Gasteiger partial charge in [0.05, 0.1) is 0 Å². The van der Waals surface area contributed by atoms with E-state index >= 15 is 0 Å². The minimum atomic E-state index is 0.116. The van der Waals surface area contributed by atoms with Crippen molar-refractivity contribution in [3.05, 3.63) is 30.0 Å². The first kappa shape index (κ1) is 11.0. The molecule has 0 aliphatic rings. The summed E-state index contributed by atoms with van der Waals surface area (Å²) in [7, 11) is 0. The molecule has 0 aliphatic heterocycles. The van der Waals surface area contributed by atoms with E-state index in [1.807, 2.05) is 13.8 Å². The van der Waals surface area contributed by atoms with Crippen LogP contribution in [-0.4, -0.2) is 4.98 Å². The Bertz CT molecular complexity index is 240. The molecule has 0 fully saturated rings. The van der Waals surface area contributed by atoms with Crippen LogP contribution in [0.4, 0.5) is 0 Å². The molecule has 0 unspecified atom stereocenters. The minimum absolute atomic E-state index is 0.116. The summed E-state index contributed by atoms with van der Waals surface area (Å²) in [5.41, 5.74) is 0.625. The van der Waals surface area contributed by atoms with E-state index in [-0.39, 0.29) is 5.35 Å². The highest BCUT2D eigenvalue weighted by Crippen LogP contribution is 2.16. The third-order valence-electron chi connectivity index (χ3n) is 1.03. The van der Waals surface area contributed by atoms with E-state index in [4.69, 9.17) is 16.0 Å². The molecule has 0 saturated heterocycles. The van der Waals surface area contributed by atoms with Crippen molar-refractivity contribution in [2.45, 2.75) is 13.8 Å². The molecule has 3 heteroatoms. The number of hydrogen-bond donors (Lipinski definition) is 0. The first-order valence-corrected chi connectivity index (χ1v) is 4.07. The van der Waals surface area contributed by atoms with Gasteiger partial charge in [-0.25, -0.2) is 0 Å². The third-order valence-corrected chi connectivity index (χ3v) is 1.20. The van der Waals surface area contributed by atoms with Crippen molar-refractivity contribution >= 4 is 23.8 Å². The maximum atomic E-state index is 5.45. The highest BCUT2D eigenvalue weighted by Gasteiger charge is 2.03. The average molecular weight is 186 g/mol. The molecule has 0 aromatic carbocycles. The first-order valence-electron chi connectivity index (χ1n) is 3.69. The van der Waals surface area contributed by atoms with Crippen LogP contribution in [0.3, 0.4) is 0 Å². The summed E-state index contributed by atoms with van der Waals surface area (Å²) in [6.07, 6.45) is 3.10. The van der Waals surface area contributed by atoms with Crippen molar-refractivity contribution in [2.75, 3.05) is 0 Å². The van der Waals surface area contributed by atoms with E-state index in [0.717, 1.165) is 0 Å². The lowest BCUT2D eigenvalue weighted by Crippen LogP contribution is -1.71. The van der Waals surface area contributed by atoms with Crippen molar-refractivity contribution in [3.63, 3.8) is 0 Å². The number of aromatic nitrogens is 1. The standard InChI is InChI=1S/C7H6ClNO.C2H6/c1-3-5-6(4-2)10-7(8)9-5;1-2/h3-4H,1-2H2;1-2H3. The highest BCUT2D eigenvalue weighted by molar-refractivity contribution is 6.27. The monoisotopic (exact) mass is 185 g/mol. The second kappa shape index (κ2) is 5.61. The van der Waals surface area contributed by atoms with Crippen LogP contribution in [0.25, 0.3) is 12.2 Å². The zero-order valence-electron chi connectivity index (χ0n) is 7.30. The number of nitrogens with zero attached hydrogens (tertiary/aromatic N) is 1. The van der Waals surface area contributed by atoms with Crippen LogP contribution >= 0.6 is 11.6 Å². The van der Waals surface area contributed by atoms with E-state index in [0.29, 0.717) is 11.5 Å². The van der Waals surface area contributed by atoms with Gasteiger partial charge in [0.2, 0.25) is 0 Å². The predicted molar refractivity (Wildman–Crippen MR) is 53.0 cm³/mol. The van der Waals surface area contributed by atoms with Gasteiger partial charge in [-0.2, -0.15) is 4.98 Å². The molecule has 0 saturated carbocycles. The van der Waals surface area contributed by atoms with Gasteiger partial charge in [-0.1, -0.05) is 27.0 Å². The quantitative estimate of drug-likeness (QED) is 0.703. The SMILES string of the molecule is C=Cc1nc(Cl)oc1C=C.CC. The maximum Gasteiger partial charge on any atom is 0.293 e. The van der Waals surface area contributed by atoms with Crippen molar-refractivity contribution in [1.82, 2.24) is 4.98 Å². The van der Waals surface area contributed by atoms with E-state index in [9.17, 15) is 0 Å². The second-order valence-electron chi connectivity index (χ2n) is 1.62. The molecule has 1 heterocycles. The molecular weight excluding hydrogens is 174 g/mol. The van der Waals surface area contributed by atoms with Crippen LogP contribution < -0.4 is 0 Å². The summed E-state index contributed by atoms with van der Waals surface area (Å²) in [6.45, 7) is 11.0. The fourth-order valence-corrected chi connectivity index (χ4v) is 0.782. The predicted octanol–water partition coefficient (Wildman–Crippen LogP) is 3.64. The van der Waals surface area contributed by atoms with Gasteiger partial charge in [0.1, 0.15) is 5.69 Å².